The fraction of sp³-hybridized carbons (Fsp3) is 0.214. The van der Waals surface area contributed by atoms with Crippen molar-refractivity contribution >= 4 is 11.3 Å². The second-order valence-corrected chi connectivity index (χ2v) is 3.67. The molecule has 0 radical (unpaired) electrons. The average Bonchev–Trinajstić information content (AvgIpc) is 2.26. The van der Waals surface area contributed by atoms with Crippen molar-refractivity contribution in [2.45, 2.75) is 20.8 Å². The molecule has 0 amide bonds. The van der Waals surface area contributed by atoms with E-state index in [2.05, 4.69) is 23.7 Å². The topological polar surface area (TPSA) is 14.0 Å². The number of hydrogen-bond donors (Lipinski definition) is 1. The molecule has 1 rings (SSSR count). The first-order chi connectivity index (χ1) is 7.15. The zero-order valence-corrected chi connectivity index (χ0v) is 9.67. The minimum absolute atomic E-state index is 1.03. The molecule has 1 heteroatoms. The Morgan fingerprint density at radius 3 is 2.27 bits per heavy atom. The summed E-state index contributed by atoms with van der Waals surface area (Å²) in [7, 11) is 0. The monoisotopic (exact) mass is 200 g/mol. The maximum Gasteiger partial charge on any atom is 0.206 e. The zero-order chi connectivity index (χ0) is 11.3. The molecule has 0 aliphatic heterocycles. The number of nitrogens with one attached hydrogen (secondary N) is 1. The van der Waals surface area contributed by atoms with Crippen molar-refractivity contribution < 1.29 is 4.99 Å². The van der Waals surface area contributed by atoms with Crippen molar-refractivity contribution in [1.29, 1.82) is 0 Å². The van der Waals surface area contributed by atoms with Crippen molar-refractivity contribution in [2.24, 2.45) is 0 Å². The van der Waals surface area contributed by atoms with E-state index in [-0.39, 0.29) is 0 Å². The lowest BCUT2D eigenvalue weighted by Gasteiger charge is -2.01. The maximum atomic E-state index is 4.11. The van der Waals surface area contributed by atoms with Gasteiger partial charge in [0.25, 0.3) is 0 Å². The Kier molecular flexibility index (Phi) is 4.04. The van der Waals surface area contributed by atoms with Crippen molar-refractivity contribution in [3.63, 3.8) is 0 Å². The van der Waals surface area contributed by atoms with Crippen LogP contribution in [0.3, 0.4) is 0 Å². The van der Waals surface area contributed by atoms with E-state index in [9.17, 15) is 0 Å². The molecular formula is C14H18N+. The number of rotatable bonds is 3. The Hall–Kier alpha value is -1.63. The molecule has 1 nitrogen and oxygen atoms in total. The predicted octanol–water partition coefficient (Wildman–Crippen LogP) is 2.17. The third kappa shape index (κ3) is 3.21. The van der Waals surface area contributed by atoms with Gasteiger partial charge in [0.05, 0.1) is 0 Å². The smallest absolute Gasteiger partial charge is 0.206 e. The summed E-state index contributed by atoms with van der Waals surface area (Å²) in [6, 6.07) is 10.2. The summed E-state index contributed by atoms with van der Waals surface area (Å²) in [5, 5.41) is 0. The van der Waals surface area contributed by atoms with E-state index in [1.807, 2.05) is 45.0 Å². The Morgan fingerprint density at radius 1 is 1.20 bits per heavy atom. The van der Waals surface area contributed by atoms with Crippen LogP contribution < -0.4 is 4.99 Å². The van der Waals surface area contributed by atoms with Gasteiger partial charge in [0.15, 0.2) is 0 Å². The molecule has 78 valence electrons. The maximum absolute atomic E-state index is 4.11. The average molecular weight is 200 g/mol. The summed E-state index contributed by atoms with van der Waals surface area (Å²) in [6.07, 6.45) is 2.04. The van der Waals surface area contributed by atoms with Crippen LogP contribution in [0, 0.1) is 0 Å². The first-order valence-electron chi connectivity index (χ1n) is 5.13. The highest BCUT2D eigenvalue weighted by molar-refractivity contribution is 5.78. The van der Waals surface area contributed by atoms with Gasteiger partial charge in [-0.1, -0.05) is 36.9 Å². The van der Waals surface area contributed by atoms with Crippen LogP contribution in [0.25, 0.3) is 5.57 Å². The van der Waals surface area contributed by atoms with E-state index in [0.29, 0.717) is 0 Å². The molecule has 0 atom stereocenters. The lowest BCUT2D eigenvalue weighted by atomic mass is 10.0. The molecule has 0 bridgehead atoms. The van der Waals surface area contributed by atoms with E-state index >= 15 is 0 Å². The van der Waals surface area contributed by atoms with Crippen molar-refractivity contribution in [2.75, 3.05) is 0 Å². The molecule has 0 saturated heterocycles. The molecule has 1 aromatic rings. The Balaban J connectivity index is 2.99. The Labute approximate surface area is 91.9 Å². The highest BCUT2D eigenvalue weighted by Gasteiger charge is 2.08. The second kappa shape index (κ2) is 5.30. The van der Waals surface area contributed by atoms with E-state index in [1.165, 1.54) is 5.71 Å². The van der Waals surface area contributed by atoms with Gasteiger partial charge in [0, 0.05) is 19.4 Å². The van der Waals surface area contributed by atoms with Crippen LogP contribution in [-0.4, -0.2) is 5.71 Å². The van der Waals surface area contributed by atoms with Crippen LogP contribution in [0.15, 0.2) is 48.7 Å². The SMILES string of the molecule is C=C(/C(=C/C)[NH+]=C(C)C)c1ccccc1. The molecule has 0 aliphatic rings. The van der Waals surface area contributed by atoms with Crippen LogP contribution in [0.2, 0.25) is 0 Å². The van der Waals surface area contributed by atoms with Gasteiger partial charge in [0.1, 0.15) is 5.71 Å². The Bertz CT molecular complexity index is 393. The summed E-state index contributed by atoms with van der Waals surface area (Å²) in [6.45, 7) is 10.2. The van der Waals surface area contributed by atoms with Gasteiger partial charge in [-0.05, 0) is 18.6 Å². The van der Waals surface area contributed by atoms with Crippen molar-refractivity contribution in [3.8, 4) is 0 Å². The minimum Gasteiger partial charge on any atom is -0.213 e. The van der Waals surface area contributed by atoms with Gasteiger partial charge in [0.2, 0.25) is 5.70 Å². The van der Waals surface area contributed by atoms with Crippen LogP contribution in [0.5, 0.6) is 0 Å². The number of hydrogen-bond acceptors (Lipinski definition) is 0. The quantitative estimate of drug-likeness (QED) is 0.568. The molecule has 0 aromatic heterocycles. The van der Waals surface area contributed by atoms with Gasteiger partial charge in [-0.3, -0.25) is 0 Å². The van der Waals surface area contributed by atoms with Crippen LogP contribution in [-0.2, 0) is 0 Å². The second-order valence-electron chi connectivity index (χ2n) is 3.67. The molecule has 0 aliphatic carbocycles. The zero-order valence-electron chi connectivity index (χ0n) is 9.67. The summed E-state index contributed by atoms with van der Waals surface area (Å²) >= 11 is 0. The van der Waals surface area contributed by atoms with Crippen molar-refractivity contribution in [3.05, 3.63) is 54.2 Å². The molecule has 0 unspecified atom stereocenters. The van der Waals surface area contributed by atoms with E-state index in [0.717, 1.165) is 16.8 Å². The molecule has 0 heterocycles. The van der Waals surface area contributed by atoms with E-state index in [4.69, 9.17) is 0 Å². The summed E-state index contributed by atoms with van der Waals surface area (Å²) < 4.78 is 0. The molecule has 1 aromatic carbocycles. The first-order valence-corrected chi connectivity index (χ1v) is 5.13. The lowest BCUT2D eigenvalue weighted by Crippen LogP contribution is -2.69. The largest absolute Gasteiger partial charge is 0.213 e. The van der Waals surface area contributed by atoms with Crippen molar-refractivity contribution in [1.82, 2.24) is 0 Å². The third-order valence-electron chi connectivity index (χ3n) is 2.12. The summed E-state index contributed by atoms with van der Waals surface area (Å²) in [5.41, 5.74) is 4.42. The standard InChI is InChI=1S/C14H17N/c1-5-14(15-11(2)3)12(4)13-9-7-6-8-10-13/h5-10H,4H2,1-3H3/p+1/b14-5-. The minimum atomic E-state index is 1.03. The molecule has 15 heavy (non-hydrogen) atoms. The molecular weight excluding hydrogens is 182 g/mol. The summed E-state index contributed by atoms with van der Waals surface area (Å²) in [4.78, 5) is 3.31. The van der Waals surface area contributed by atoms with Gasteiger partial charge in [-0.15, -0.1) is 0 Å². The molecule has 0 saturated carbocycles. The molecule has 0 spiro atoms. The van der Waals surface area contributed by atoms with Crippen LogP contribution in [0.1, 0.15) is 26.3 Å². The highest BCUT2D eigenvalue weighted by Crippen LogP contribution is 2.15. The normalized spacial score (nSPS) is 11.0. The number of benzene rings is 1. The van der Waals surface area contributed by atoms with E-state index < -0.39 is 0 Å². The van der Waals surface area contributed by atoms with Crippen LogP contribution >= 0.6 is 0 Å². The van der Waals surface area contributed by atoms with Gasteiger partial charge < -0.3 is 0 Å². The molecule has 0 fully saturated rings. The summed E-state index contributed by atoms with van der Waals surface area (Å²) in [5.74, 6) is 0. The lowest BCUT2D eigenvalue weighted by molar-refractivity contribution is -0.389. The first kappa shape index (κ1) is 11.4. The van der Waals surface area contributed by atoms with Gasteiger partial charge in [-0.25, -0.2) is 4.99 Å². The third-order valence-corrected chi connectivity index (χ3v) is 2.12. The van der Waals surface area contributed by atoms with E-state index in [1.54, 1.807) is 0 Å². The Morgan fingerprint density at radius 2 is 1.80 bits per heavy atom. The molecule has 1 N–H and O–H groups in total. The van der Waals surface area contributed by atoms with Crippen LogP contribution in [0.4, 0.5) is 0 Å². The fourth-order valence-corrected chi connectivity index (χ4v) is 1.39. The number of allylic oxidation sites excluding steroid dienone is 2. The predicted molar refractivity (Wildman–Crippen MR) is 66.6 cm³/mol. The highest BCUT2D eigenvalue weighted by atomic mass is 14.7. The fourth-order valence-electron chi connectivity index (χ4n) is 1.39. The van der Waals surface area contributed by atoms with Gasteiger partial charge in [-0.2, -0.15) is 0 Å². The van der Waals surface area contributed by atoms with Gasteiger partial charge >= 0.3 is 0 Å².